The fraction of sp³-hybridized carbons (Fsp3) is 0.400. The van der Waals surface area contributed by atoms with Gasteiger partial charge >= 0.3 is 6.18 Å². The number of para-hydroxylation sites is 1. The van der Waals surface area contributed by atoms with Crippen molar-refractivity contribution in [1.82, 2.24) is 4.90 Å². The summed E-state index contributed by atoms with van der Waals surface area (Å²) in [6, 6.07) is 11.0. The standard InChI is InChI=1S/C20H22F4N2O2/c21-18-3-1-2-4-19(18)26-11-9-25(10-12-26)13-16(27)14-28-17-7-5-15(6-8-17)20(22,23)24/h1-8,16,27H,9-14H2/t16-/m1/s1. The Bertz CT molecular complexity index is 760. The minimum Gasteiger partial charge on any atom is -0.491 e. The highest BCUT2D eigenvalue weighted by Gasteiger charge is 2.30. The van der Waals surface area contributed by atoms with Crippen molar-refractivity contribution in [2.75, 3.05) is 44.2 Å². The van der Waals surface area contributed by atoms with Gasteiger partial charge < -0.3 is 14.7 Å². The minimum atomic E-state index is -4.39. The SMILES string of the molecule is O[C@@H](COc1ccc(C(F)(F)F)cc1)CN1CCN(c2ccccc2F)CC1. The Morgan fingerprint density at radius 3 is 2.21 bits per heavy atom. The van der Waals surface area contributed by atoms with E-state index in [1.54, 1.807) is 18.2 Å². The molecule has 0 aliphatic carbocycles. The zero-order valence-corrected chi connectivity index (χ0v) is 15.2. The molecule has 0 amide bonds. The summed E-state index contributed by atoms with van der Waals surface area (Å²) in [5, 5.41) is 10.2. The van der Waals surface area contributed by atoms with Gasteiger partial charge in [0.05, 0.1) is 11.3 Å². The average Bonchev–Trinajstić information content (AvgIpc) is 2.67. The third-order valence-corrected chi connectivity index (χ3v) is 4.66. The molecule has 0 radical (unpaired) electrons. The summed E-state index contributed by atoms with van der Waals surface area (Å²) in [7, 11) is 0. The first-order valence-corrected chi connectivity index (χ1v) is 9.03. The molecule has 1 fully saturated rings. The van der Waals surface area contributed by atoms with Crippen molar-refractivity contribution in [3.8, 4) is 5.75 Å². The summed E-state index contributed by atoms with van der Waals surface area (Å²) in [5.74, 6) is 0.0253. The average molecular weight is 398 g/mol. The molecule has 0 saturated carbocycles. The van der Waals surface area contributed by atoms with Gasteiger partial charge in [-0.05, 0) is 36.4 Å². The van der Waals surface area contributed by atoms with E-state index in [0.29, 0.717) is 38.4 Å². The Morgan fingerprint density at radius 1 is 0.964 bits per heavy atom. The molecule has 1 aliphatic rings. The molecule has 28 heavy (non-hydrogen) atoms. The van der Waals surface area contributed by atoms with Crippen LogP contribution in [0.1, 0.15) is 5.56 Å². The molecule has 1 saturated heterocycles. The third-order valence-electron chi connectivity index (χ3n) is 4.66. The molecule has 4 nitrogen and oxygen atoms in total. The first kappa shape index (κ1) is 20.4. The van der Waals surface area contributed by atoms with Crippen LogP contribution < -0.4 is 9.64 Å². The van der Waals surface area contributed by atoms with E-state index in [4.69, 9.17) is 4.74 Å². The lowest BCUT2D eigenvalue weighted by Crippen LogP contribution is -2.49. The lowest BCUT2D eigenvalue weighted by Gasteiger charge is -2.36. The van der Waals surface area contributed by atoms with Gasteiger partial charge in [0.15, 0.2) is 0 Å². The van der Waals surface area contributed by atoms with Crippen molar-refractivity contribution in [3.05, 3.63) is 59.9 Å². The van der Waals surface area contributed by atoms with Crippen LogP contribution in [0.15, 0.2) is 48.5 Å². The van der Waals surface area contributed by atoms with Crippen LogP contribution in [-0.4, -0.2) is 55.4 Å². The van der Waals surface area contributed by atoms with E-state index in [0.717, 1.165) is 12.1 Å². The van der Waals surface area contributed by atoms with Crippen molar-refractivity contribution in [2.24, 2.45) is 0 Å². The van der Waals surface area contributed by atoms with Crippen LogP contribution in [0.4, 0.5) is 23.2 Å². The van der Waals surface area contributed by atoms with Crippen LogP contribution >= 0.6 is 0 Å². The second-order valence-corrected chi connectivity index (χ2v) is 6.73. The summed E-state index contributed by atoms with van der Waals surface area (Å²) in [4.78, 5) is 4.02. The maximum absolute atomic E-state index is 13.9. The lowest BCUT2D eigenvalue weighted by molar-refractivity contribution is -0.137. The van der Waals surface area contributed by atoms with Gasteiger partial charge in [0.2, 0.25) is 0 Å². The molecule has 152 valence electrons. The molecule has 1 heterocycles. The number of aliphatic hydroxyl groups excluding tert-OH is 1. The topological polar surface area (TPSA) is 35.9 Å². The predicted molar refractivity (Wildman–Crippen MR) is 98.0 cm³/mol. The summed E-state index contributed by atoms with van der Waals surface area (Å²) in [6.07, 6.45) is -5.16. The van der Waals surface area contributed by atoms with Crippen molar-refractivity contribution >= 4 is 5.69 Å². The summed E-state index contributed by atoms with van der Waals surface area (Å²) in [6.45, 7) is 3.00. The predicted octanol–water partition coefficient (Wildman–Crippen LogP) is 3.41. The van der Waals surface area contributed by atoms with Crippen molar-refractivity contribution in [3.63, 3.8) is 0 Å². The number of nitrogens with zero attached hydrogens (tertiary/aromatic N) is 2. The second-order valence-electron chi connectivity index (χ2n) is 6.73. The molecule has 2 aromatic rings. The van der Waals surface area contributed by atoms with E-state index < -0.39 is 17.8 Å². The maximum atomic E-state index is 13.9. The van der Waals surface area contributed by atoms with E-state index in [2.05, 4.69) is 4.90 Å². The molecule has 0 spiro atoms. The molecule has 1 atom stereocenters. The first-order chi connectivity index (χ1) is 13.3. The Balaban J connectivity index is 1.42. The number of halogens is 4. The number of benzene rings is 2. The number of anilines is 1. The molecule has 2 aromatic carbocycles. The number of β-amino-alcohol motifs (C(OH)–C–C–N with tert-alkyl or cyclic N) is 1. The van der Waals surface area contributed by atoms with E-state index in [-0.39, 0.29) is 18.2 Å². The normalized spacial score (nSPS) is 16.8. The van der Waals surface area contributed by atoms with Gasteiger partial charge in [0.1, 0.15) is 24.3 Å². The van der Waals surface area contributed by atoms with Crippen LogP contribution in [-0.2, 0) is 6.18 Å². The summed E-state index contributed by atoms with van der Waals surface area (Å²) < 4.78 is 56.9. The van der Waals surface area contributed by atoms with Gasteiger partial charge in [0, 0.05) is 32.7 Å². The lowest BCUT2D eigenvalue weighted by atomic mass is 10.2. The highest BCUT2D eigenvalue weighted by molar-refractivity contribution is 5.48. The number of rotatable bonds is 6. The van der Waals surface area contributed by atoms with E-state index in [9.17, 15) is 22.7 Å². The van der Waals surface area contributed by atoms with Crippen LogP contribution in [0.3, 0.4) is 0 Å². The van der Waals surface area contributed by atoms with Gasteiger partial charge in [-0.3, -0.25) is 4.90 Å². The molecular formula is C20H22F4N2O2. The van der Waals surface area contributed by atoms with Crippen molar-refractivity contribution in [1.29, 1.82) is 0 Å². The number of hydrogen-bond acceptors (Lipinski definition) is 4. The van der Waals surface area contributed by atoms with Gasteiger partial charge in [-0.2, -0.15) is 13.2 Å². The van der Waals surface area contributed by atoms with Gasteiger partial charge in [0.25, 0.3) is 0 Å². The number of aliphatic hydroxyl groups is 1. The second kappa shape index (κ2) is 8.79. The summed E-state index contributed by atoms with van der Waals surface area (Å²) >= 11 is 0. The van der Waals surface area contributed by atoms with Crippen LogP contribution in [0.25, 0.3) is 0 Å². The van der Waals surface area contributed by atoms with Gasteiger partial charge in [-0.1, -0.05) is 12.1 Å². The van der Waals surface area contributed by atoms with E-state index in [1.165, 1.54) is 18.2 Å². The molecule has 0 bridgehead atoms. The van der Waals surface area contributed by atoms with E-state index >= 15 is 0 Å². The molecule has 3 rings (SSSR count). The van der Waals surface area contributed by atoms with Crippen molar-refractivity contribution < 1.29 is 27.4 Å². The van der Waals surface area contributed by atoms with Crippen LogP contribution in [0.5, 0.6) is 5.75 Å². The van der Waals surface area contributed by atoms with Gasteiger partial charge in [-0.25, -0.2) is 4.39 Å². The zero-order chi connectivity index (χ0) is 20.1. The zero-order valence-electron chi connectivity index (χ0n) is 15.2. The maximum Gasteiger partial charge on any atom is 0.416 e. The van der Waals surface area contributed by atoms with E-state index in [1.807, 2.05) is 4.90 Å². The molecule has 1 aliphatic heterocycles. The minimum absolute atomic E-state index is 0.0150. The number of ether oxygens (including phenoxy) is 1. The van der Waals surface area contributed by atoms with Crippen LogP contribution in [0, 0.1) is 5.82 Å². The third kappa shape index (κ3) is 5.36. The molecule has 1 N–H and O–H groups in total. The fourth-order valence-corrected chi connectivity index (χ4v) is 3.16. The fourth-order valence-electron chi connectivity index (χ4n) is 3.16. The first-order valence-electron chi connectivity index (χ1n) is 9.03. The molecule has 0 aromatic heterocycles. The van der Waals surface area contributed by atoms with Gasteiger partial charge in [-0.15, -0.1) is 0 Å². The number of hydrogen-bond donors (Lipinski definition) is 1. The largest absolute Gasteiger partial charge is 0.491 e. The molecule has 0 unspecified atom stereocenters. The molecular weight excluding hydrogens is 376 g/mol. The van der Waals surface area contributed by atoms with Crippen LogP contribution in [0.2, 0.25) is 0 Å². The quantitative estimate of drug-likeness (QED) is 0.757. The Hall–Kier alpha value is -2.32. The summed E-state index contributed by atoms with van der Waals surface area (Å²) in [5.41, 5.74) is -0.165. The highest BCUT2D eigenvalue weighted by atomic mass is 19.4. The smallest absolute Gasteiger partial charge is 0.416 e. The number of piperazine rings is 1. The Morgan fingerprint density at radius 2 is 1.61 bits per heavy atom. The highest BCUT2D eigenvalue weighted by Crippen LogP contribution is 2.30. The Labute approximate surface area is 160 Å². The monoisotopic (exact) mass is 398 g/mol. The van der Waals surface area contributed by atoms with Crippen molar-refractivity contribution in [2.45, 2.75) is 12.3 Å². The Kier molecular flexibility index (Phi) is 6.41. The molecule has 8 heteroatoms. The number of alkyl halides is 3.